The minimum absolute atomic E-state index is 0.144. The second-order valence-electron chi connectivity index (χ2n) is 15.3. The number of imidazole rings is 1. The molecule has 0 saturated carbocycles. The average Bonchev–Trinajstić information content (AvgIpc) is 4.02. The molecule has 0 radical (unpaired) electrons. The number of carbonyl (C=O) groups excluding carboxylic acids is 7. The van der Waals surface area contributed by atoms with E-state index in [1.807, 2.05) is 0 Å². The number of carbonyl (C=O) groups is 7. The van der Waals surface area contributed by atoms with Gasteiger partial charge < -0.3 is 56.4 Å². The molecule has 23 heteroatoms. The van der Waals surface area contributed by atoms with Crippen molar-refractivity contribution in [3.63, 3.8) is 0 Å². The van der Waals surface area contributed by atoms with Crippen molar-refractivity contribution in [3.8, 4) is 0 Å². The van der Waals surface area contributed by atoms with Crippen molar-refractivity contribution in [2.24, 2.45) is 5.92 Å². The number of aromatic nitrogens is 4. The van der Waals surface area contributed by atoms with Crippen LogP contribution in [0.25, 0.3) is 11.2 Å². The highest BCUT2D eigenvalue weighted by atomic mass is 16.6. The maximum Gasteiger partial charge on any atom is 0.410 e. The number of nitrogens with zero attached hydrogens (tertiary/aromatic N) is 5. The fourth-order valence-electron chi connectivity index (χ4n) is 7.12. The van der Waals surface area contributed by atoms with Gasteiger partial charge in [0.25, 0.3) is 11.8 Å². The number of aliphatic hydroxyl groups excluding tert-OH is 3. The molecular weight excluding hydrogens is 814 g/mol. The minimum Gasteiger partial charge on any atom is -0.445 e. The molecule has 1 aromatic carbocycles. The Morgan fingerprint density at radius 3 is 2.39 bits per heavy atom. The lowest BCUT2D eigenvalue weighted by atomic mass is 9.95. The summed E-state index contributed by atoms with van der Waals surface area (Å²) in [5.41, 5.74) is 1.71. The number of amides is 7. The lowest BCUT2D eigenvalue weighted by Gasteiger charge is -2.43. The van der Waals surface area contributed by atoms with Gasteiger partial charge in [0.15, 0.2) is 17.7 Å². The molecule has 9 N–H and O–H groups in total. The first-order valence-electron chi connectivity index (χ1n) is 19.9. The quantitative estimate of drug-likeness (QED) is 0.0732. The normalized spacial score (nSPS) is 23.3. The van der Waals surface area contributed by atoms with Crippen molar-refractivity contribution in [2.75, 3.05) is 30.3 Å². The van der Waals surface area contributed by atoms with Gasteiger partial charge in [0.2, 0.25) is 23.6 Å². The zero-order chi connectivity index (χ0) is 44.7. The Kier molecular flexibility index (Phi) is 14.4. The van der Waals surface area contributed by atoms with Crippen LogP contribution < -0.4 is 26.6 Å². The average molecular weight is 864 g/mol. The highest BCUT2D eigenvalue weighted by Gasteiger charge is 2.47. The summed E-state index contributed by atoms with van der Waals surface area (Å²) in [6.07, 6.45) is -0.869. The first-order chi connectivity index (χ1) is 29.6. The van der Waals surface area contributed by atoms with Crippen molar-refractivity contribution in [1.29, 1.82) is 0 Å². The number of anilines is 2. The first-order valence-corrected chi connectivity index (χ1v) is 19.9. The summed E-state index contributed by atoms with van der Waals surface area (Å²) in [5.74, 6) is -3.52. The maximum atomic E-state index is 13.5. The van der Waals surface area contributed by atoms with Crippen LogP contribution >= 0.6 is 0 Å². The zero-order valence-corrected chi connectivity index (χ0v) is 34.0. The van der Waals surface area contributed by atoms with Crippen LogP contribution in [0, 0.1) is 5.92 Å². The van der Waals surface area contributed by atoms with E-state index in [9.17, 15) is 48.9 Å². The molecule has 7 amide bonds. The van der Waals surface area contributed by atoms with Gasteiger partial charge in [0.1, 0.15) is 54.9 Å². The Bertz CT molecular complexity index is 2160. The van der Waals surface area contributed by atoms with E-state index in [1.165, 1.54) is 24.5 Å². The predicted molar refractivity (Wildman–Crippen MR) is 215 cm³/mol. The molecule has 5 heterocycles. The number of nitrogens with one attached hydrogen (secondary N) is 6. The molecule has 2 saturated heterocycles. The number of ether oxygens (including phenoxy) is 2. The van der Waals surface area contributed by atoms with Gasteiger partial charge in [0.05, 0.1) is 19.0 Å². The van der Waals surface area contributed by atoms with Gasteiger partial charge >= 0.3 is 6.09 Å². The molecule has 2 fully saturated rings. The molecule has 3 aliphatic heterocycles. The van der Waals surface area contributed by atoms with E-state index in [0.717, 1.165) is 17.1 Å². The van der Waals surface area contributed by atoms with Crippen molar-refractivity contribution in [3.05, 3.63) is 54.6 Å². The summed E-state index contributed by atoms with van der Waals surface area (Å²) in [6, 6.07) is 2.14. The van der Waals surface area contributed by atoms with Crippen LogP contribution in [0.3, 0.4) is 0 Å². The van der Waals surface area contributed by atoms with Crippen molar-refractivity contribution >= 4 is 64.2 Å². The Hall–Kier alpha value is -6.56. The van der Waals surface area contributed by atoms with Gasteiger partial charge in [-0.05, 0) is 43.4 Å². The SMILES string of the molecule is CC(C)[C@H](NC(=O)CCN1C(=O)C=CC1=O)C(=O)N[C@@H](C)C(=O)Nc1ccc(COC(=O)N2CCC[C@@H]2C(=O)N[C@@H]2[C@@H](O)[C@H](O)[C@@H](Nc3ncnc4nc[nH]c34)O[C@H]2CO)cc1. The maximum absolute atomic E-state index is 13.5. The number of hydrogen-bond donors (Lipinski definition) is 9. The Balaban J connectivity index is 0.948. The van der Waals surface area contributed by atoms with E-state index in [0.29, 0.717) is 35.3 Å². The van der Waals surface area contributed by atoms with E-state index in [4.69, 9.17) is 9.47 Å². The monoisotopic (exact) mass is 863 g/mol. The summed E-state index contributed by atoms with van der Waals surface area (Å²) < 4.78 is 11.3. The Morgan fingerprint density at radius 1 is 0.968 bits per heavy atom. The lowest BCUT2D eigenvalue weighted by Crippen LogP contribution is -2.67. The van der Waals surface area contributed by atoms with Gasteiger partial charge in [-0.3, -0.25) is 38.6 Å². The number of imide groups is 1. The van der Waals surface area contributed by atoms with Crippen LogP contribution in [0.5, 0.6) is 0 Å². The largest absolute Gasteiger partial charge is 0.445 e. The number of aliphatic hydroxyl groups is 3. The molecule has 0 unspecified atom stereocenters. The van der Waals surface area contributed by atoms with Gasteiger partial charge in [0, 0.05) is 37.3 Å². The third-order valence-corrected chi connectivity index (χ3v) is 10.6. The number of fused-ring (bicyclic) bond motifs is 1. The molecule has 0 spiro atoms. The molecule has 2 aromatic heterocycles. The summed E-state index contributed by atoms with van der Waals surface area (Å²) in [4.78, 5) is 106. The van der Waals surface area contributed by atoms with Crippen molar-refractivity contribution < 1.29 is 58.4 Å². The van der Waals surface area contributed by atoms with Crippen LogP contribution in [-0.4, -0.2) is 155 Å². The van der Waals surface area contributed by atoms with E-state index < -0.39 is 96.9 Å². The number of H-pyrrole nitrogens is 1. The van der Waals surface area contributed by atoms with E-state index >= 15 is 0 Å². The minimum atomic E-state index is -1.59. The van der Waals surface area contributed by atoms with Crippen LogP contribution in [0.4, 0.5) is 16.3 Å². The second-order valence-corrected chi connectivity index (χ2v) is 15.3. The van der Waals surface area contributed by atoms with Crippen molar-refractivity contribution in [1.82, 2.24) is 45.7 Å². The summed E-state index contributed by atoms with van der Waals surface area (Å²) in [7, 11) is 0. The van der Waals surface area contributed by atoms with Gasteiger partial charge in [-0.25, -0.2) is 19.7 Å². The summed E-state index contributed by atoms with van der Waals surface area (Å²) in [5, 5.41) is 45.5. The first kappa shape index (κ1) is 45.0. The van der Waals surface area contributed by atoms with Gasteiger partial charge in [-0.15, -0.1) is 0 Å². The van der Waals surface area contributed by atoms with Crippen LogP contribution in [0.2, 0.25) is 0 Å². The van der Waals surface area contributed by atoms with Crippen LogP contribution in [0.1, 0.15) is 45.6 Å². The molecular formula is C39H49N11O12. The zero-order valence-electron chi connectivity index (χ0n) is 34.0. The molecule has 0 bridgehead atoms. The standard InChI is InChI=1S/C39H49N11O12/c1-19(2)28(46-25(52)12-14-50-26(53)10-11-27(50)54)37(59)44-20(3)35(57)45-22-8-6-21(7-9-22)16-61-39(60)49-13-4-5-23(49)36(58)47-29-24(15-51)62-38(32(56)31(29)55)48-34-30-33(41-17-40-30)42-18-43-34/h6-11,17-20,23-24,28-29,31-32,38,51,55-56H,4-5,12-16H2,1-3H3,(H,44,59)(H,45,57)(H,46,52)(H,47,58)(H2,40,41,42,43,48)/t20-,23+,24-,28-,29-,31+,32-,38-/m0/s1. The van der Waals surface area contributed by atoms with Crippen molar-refractivity contribution in [2.45, 2.75) is 95.3 Å². The van der Waals surface area contributed by atoms with Gasteiger partial charge in [-0.1, -0.05) is 26.0 Å². The fourth-order valence-corrected chi connectivity index (χ4v) is 7.12. The molecule has 62 heavy (non-hydrogen) atoms. The number of benzene rings is 1. The molecule has 23 nitrogen and oxygen atoms in total. The van der Waals surface area contributed by atoms with Crippen LogP contribution in [0.15, 0.2) is 49.1 Å². The smallest absolute Gasteiger partial charge is 0.410 e. The molecule has 3 aliphatic rings. The molecule has 6 rings (SSSR count). The third kappa shape index (κ3) is 10.5. The van der Waals surface area contributed by atoms with Crippen LogP contribution in [-0.2, 0) is 44.8 Å². The lowest BCUT2D eigenvalue weighted by molar-refractivity contribution is -0.185. The number of rotatable bonds is 16. The molecule has 3 aromatic rings. The number of aromatic amines is 1. The Labute approximate surface area is 354 Å². The topological polar surface area (TPSA) is 320 Å². The number of hydrogen-bond acceptors (Lipinski definition) is 16. The molecule has 0 aliphatic carbocycles. The summed E-state index contributed by atoms with van der Waals surface area (Å²) in [6.45, 7) is 4.16. The number of likely N-dealkylation sites (tertiary alicyclic amines) is 1. The fraction of sp³-hybridized carbons (Fsp3) is 0.487. The Morgan fingerprint density at radius 2 is 1.69 bits per heavy atom. The predicted octanol–water partition coefficient (Wildman–Crippen LogP) is -1.61. The highest BCUT2D eigenvalue weighted by molar-refractivity contribution is 6.13. The van der Waals surface area contributed by atoms with E-state index in [1.54, 1.807) is 38.1 Å². The second kappa shape index (κ2) is 19.9. The molecule has 8 atom stereocenters. The third-order valence-electron chi connectivity index (χ3n) is 10.6. The highest BCUT2D eigenvalue weighted by Crippen LogP contribution is 2.26. The molecule has 332 valence electrons. The van der Waals surface area contributed by atoms with Gasteiger partial charge in [-0.2, -0.15) is 0 Å². The summed E-state index contributed by atoms with van der Waals surface area (Å²) >= 11 is 0. The van der Waals surface area contributed by atoms with E-state index in [2.05, 4.69) is 46.5 Å². The van der Waals surface area contributed by atoms with E-state index in [-0.39, 0.29) is 37.9 Å².